The highest BCUT2D eigenvalue weighted by atomic mass is 32.2. The van der Waals surface area contributed by atoms with E-state index in [0.717, 1.165) is 10.4 Å². The lowest BCUT2D eigenvalue weighted by Crippen LogP contribution is -2.40. The average Bonchev–Trinajstić information content (AvgIpc) is 3.12. The molecular formula is C17H23N3O3S2. The maximum absolute atomic E-state index is 12.5. The van der Waals surface area contributed by atoms with E-state index in [1.807, 2.05) is 31.4 Å². The fraction of sp³-hybridized carbons (Fsp3) is 0.353. The summed E-state index contributed by atoms with van der Waals surface area (Å²) in [5.41, 5.74) is 0.733. The fourth-order valence-electron chi connectivity index (χ4n) is 2.35. The Kier molecular flexibility index (Phi) is 6.57. The monoisotopic (exact) mass is 381 g/mol. The van der Waals surface area contributed by atoms with Gasteiger partial charge >= 0.3 is 6.03 Å². The predicted molar refractivity (Wildman–Crippen MR) is 100 cm³/mol. The summed E-state index contributed by atoms with van der Waals surface area (Å²) in [6, 6.07) is 10.0. The number of nitrogens with zero attached hydrogens (tertiary/aromatic N) is 1. The van der Waals surface area contributed by atoms with Gasteiger partial charge in [0.05, 0.1) is 17.5 Å². The molecule has 0 fully saturated rings. The van der Waals surface area contributed by atoms with E-state index in [2.05, 4.69) is 10.0 Å². The van der Waals surface area contributed by atoms with E-state index in [1.165, 1.54) is 13.1 Å². The summed E-state index contributed by atoms with van der Waals surface area (Å²) < 4.78 is 26.1. The minimum Gasteiger partial charge on any atom is -0.331 e. The molecule has 2 rings (SSSR count). The van der Waals surface area contributed by atoms with Gasteiger partial charge in [-0.3, -0.25) is 0 Å². The molecule has 0 aliphatic rings. The molecule has 8 heteroatoms. The molecular weight excluding hydrogens is 358 g/mol. The van der Waals surface area contributed by atoms with Crippen molar-refractivity contribution in [3.8, 4) is 0 Å². The molecule has 1 aromatic carbocycles. The lowest BCUT2D eigenvalue weighted by atomic mass is 10.1. The Morgan fingerprint density at radius 1 is 1.28 bits per heavy atom. The second kappa shape index (κ2) is 8.46. The van der Waals surface area contributed by atoms with Crippen LogP contribution in [0.15, 0.2) is 46.7 Å². The highest BCUT2D eigenvalue weighted by Gasteiger charge is 2.18. The van der Waals surface area contributed by atoms with Crippen molar-refractivity contribution in [3.63, 3.8) is 0 Å². The molecule has 25 heavy (non-hydrogen) atoms. The zero-order chi connectivity index (χ0) is 18.4. The molecule has 2 amide bonds. The van der Waals surface area contributed by atoms with Gasteiger partial charge in [0, 0.05) is 11.4 Å². The van der Waals surface area contributed by atoms with Crippen LogP contribution in [0.25, 0.3) is 0 Å². The van der Waals surface area contributed by atoms with Crippen LogP contribution in [0.4, 0.5) is 4.79 Å². The van der Waals surface area contributed by atoms with Gasteiger partial charge in [0.2, 0.25) is 10.0 Å². The van der Waals surface area contributed by atoms with Crippen LogP contribution in [-0.2, 0) is 16.6 Å². The summed E-state index contributed by atoms with van der Waals surface area (Å²) >= 11 is 1.61. The van der Waals surface area contributed by atoms with E-state index >= 15 is 0 Å². The lowest BCUT2D eigenvalue weighted by Gasteiger charge is -2.24. The van der Waals surface area contributed by atoms with E-state index in [1.54, 1.807) is 34.4 Å². The van der Waals surface area contributed by atoms with Crippen LogP contribution >= 0.6 is 11.3 Å². The first kappa shape index (κ1) is 19.4. The maximum Gasteiger partial charge on any atom is 0.318 e. The van der Waals surface area contributed by atoms with Gasteiger partial charge in [-0.2, -0.15) is 0 Å². The zero-order valence-electron chi connectivity index (χ0n) is 14.5. The maximum atomic E-state index is 12.5. The summed E-state index contributed by atoms with van der Waals surface area (Å²) in [4.78, 5) is 15.5. The third-order valence-corrected chi connectivity index (χ3v) is 6.15. The number of rotatable bonds is 7. The van der Waals surface area contributed by atoms with Crippen LogP contribution in [0.1, 0.15) is 30.3 Å². The first-order valence-electron chi connectivity index (χ1n) is 7.98. The minimum absolute atomic E-state index is 0.176. The molecule has 0 aliphatic carbocycles. The predicted octanol–water partition coefficient (Wildman–Crippen LogP) is 2.95. The molecule has 1 heterocycles. The number of thiophene rings is 1. The van der Waals surface area contributed by atoms with Crippen LogP contribution in [-0.4, -0.2) is 32.9 Å². The zero-order valence-corrected chi connectivity index (χ0v) is 16.2. The first-order chi connectivity index (χ1) is 11.9. The SMILES string of the molecule is CCN(Cc1cccs1)C(=O)N[C@H](C)c1cccc(S(=O)(=O)NC)c1. The second-order valence-corrected chi connectivity index (χ2v) is 8.46. The number of carbonyl (C=O) groups excluding carboxylic acids is 1. The summed E-state index contributed by atoms with van der Waals surface area (Å²) in [5.74, 6) is 0. The highest BCUT2D eigenvalue weighted by Crippen LogP contribution is 2.18. The van der Waals surface area contributed by atoms with Gasteiger partial charge in [-0.25, -0.2) is 17.9 Å². The van der Waals surface area contributed by atoms with Gasteiger partial charge < -0.3 is 10.2 Å². The molecule has 0 radical (unpaired) electrons. The van der Waals surface area contributed by atoms with Crippen molar-refractivity contribution < 1.29 is 13.2 Å². The molecule has 0 unspecified atom stereocenters. The normalized spacial score (nSPS) is 12.6. The van der Waals surface area contributed by atoms with E-state index in [0.29, 0.717) is 13.1 Å². The van der Waals surface area contributed by atoms with Gasteiger partial charge in [-0.1, -0.05) is 18.2 Å². The molecule has 0 saturated carbocycles. The van der Waals surface area contributed by atoms with Crippen molar-refractivity contribution in [2.75, 3.05) is 13.6 Å². The van der Waals surface area contributed by atoms with Crippen molar-refractivity contribution in [3.05, 3.63) is 52.2 Å². The van der Waals surface area contributed by atoms with Gasteiger partial charge in [0.15, 0.2) is 0 Å². The molecule has 2 aromatic rings. The number of sulfonamides is 1. The summed E-state index contributed by atoms with van der Waals surface area (Å²) in [5, 5.41) is 4.92. The molecule has 6 nitrogen and oxygen atoms in total. The molecule has 0 spiro atoms. The van der Waals surface area contributed by atoms with E-state index in [9.17, 15) is 13.2 Å². The van der Waals surface area contributed by atoms with Crippen LogP contribution in [0.5, 0.6) is 0 Å². The molecule has 136 valence electrons. The largest absolute Gasteiger partial charge is 0.331 e. The number of carbonyl (C=O) groups is 1. The van der Waals surface area contributed by atoms with Gasteiger partial charge in [0.1, 0.15) is 0 Å². The average molecular weight is 382 g/mol. The standard InChI is InChI=1S/C17H23N3O3S2/c1-4-20(12-15-8-6-10-24-15)17(21)19-13(2)14-7-5-9-16(11-14)25(22,23)18-3/h5-11,13,18H,4,12H2,1-3H3,(H,19,21)/t13-/m1/s1. The smallest absolute Gasteiger partial charge is 0.318 e. The van der Waals surface area contributed by atoms with Crippen molar-refractivity contribution in [1.29, 1.82) is 0 Å². The van der Waals surface area contributed by atoms with E-state index in [-0.39, 0.29) is 17.0 Å². The number of nitrogens with one attached hydrogen (secondary N) is 2. The second-order valence-electron chi connectivity index (χ2n) is 5.54. The topological polar surface area (TPSA) is 78.5 Å². The minimum atomic E-state index is -3.51. The van der Waals surface area contributed by atoms with Crippen molar-refractivity contribution in [2.24, 2.45) is 0 Å². The number of hydrogen-bond donors (Lipinski definition) is 2. The Morgan fingerprint density at radius 2 is 2.04 bits per heavy atom. The Morgan fingerprint density at radius 3 is 2.64 bits per heavy atom. The van der Waals surface area contributed by atoms with Crippen molar-refractivity contribution in [2.45, 2.75) is 31.3 Å². The quantitative estimate of drug-likeness (QED) is 0.774. The molecule has 1 atom stereocenters. The fourth-order valence-corrected chi connectivity index (χ4v) is 3.85. The van der Waals surface area contributed by atoms with Crippen LogP contribution in [0.3, 0.4) is 0 Å². The van der Waals surface area contributed by atoms with Crippen LogP contribution in [0.2, 0.25) is 0 Å². The van der Waals surface area contributed by atoms with Crippen LogP contribution < -0.4 is 10.0 Å². The highest BCUT2D eigenvalue weighted by molar-refractivity contribution is 7.89. The third kappa shape index (κ3) is 5.04. The Balaban J connectivity index is 2.09. The number of urea groups is 1. The number of amides is 2. The summed E-state index contributed by atoms with van der Waals surface area (Å²) in [6.07, 6.45) is 0. The first-order valence-corrected chi connectivity index (χ1v) is 10.3. The van der Waals surface area contributed by atoms with Gasteiger partial charge in [-0.05, 0) is 50.0 Å². The number of benzene rings is 1. The number of hydrogen-bond acceptors (Lipinski definition) is 4. The third-order valence-electron chi connectivity index (χ3n) is 3.87. The van der Waals surface area contributed by atoms with E-state index in [4.69, 9.17) is 0 Å². The molecule has 0 saturated heterocycles. The van der Waals surface area contributed by atoms with Gasteiger partial charge in [-0.15, -0.1) is 11.3 Å². The van der Waals surface area contributed by atoms with E-state index < -0.39 is 10.0 Å². The van der Waals surface area contributed by atoms with Crippen molar-refractivity contribution >= 4 is 27.4 Å². The molecule has 2 N–H and O–H groups in total. The summed E-state index contributed by atoms with van der Waals surface area (Å²) in [6.45, 7) is 4.91. The van der Waals surface area contributed by atoms with Crippen molar-refractivity contribution in [1.82, 2.24) is 14.9 Å². The molecule has 1 aromatic heterocycles. The Bertz CT molecular complexity index is 804. The Hall–Kier alpha value is -1.90. The molecule has 0 bridgehead atoms. The molecule has 0 aliphatic heterocycles. The van der Waals surface area contributed by atoms with Gasteiger partial charge in [0.25, 0.3) is 0 Å². The lowest BCUT2D eigenvalue weighted by molar-refractivity contribution is 0.195. The Labute approximate surface area is 152 Å². The summed E-state index contributed by atoms with van der Waals surface area (Å²) in [7, 11) is -2.14. The van der Waals surface area contributed by atoms with Crippen LogP contribution in [0, 0.1) is 0 Å².